The number of carbonyl (C=O) groups is 1. The Balaban J connectivity index is 1.54. The number of nitrogens with zero attached hydrogens (tertiary/aromatic N) is 1. The lowest BCUT2D eigenvalue weighted by molar-refractivity contribution is -0.147. The van der Waals surface area contributed by atoms with Crippen molar-refractivity contribution in [2.24, 2.45) is 0 Å². The normalized spacial score (nSPS) is 10.6. The van der Waals surface area contributed by atoms with Crippen molar-refractivity contribution in [2.45, 2.75) is 27.4 Å². The topological polar surface area (TPSA) is 61.6 Å². The zero-order valence-electron chi connectivity index (χ0n) is 15.1. The molecule has 1 heterocycles. The molecule has 1 aromatic heterocycles. The molecule has 0 unspecified atom stereocenters. The number of hydrogen-bond donors (Lipinski definition) is 0. The largest absolute Gasteiger partial charge is 0.482 e. The van der Waals surface area contributed by atoms with E-state index in [1.165, 1.54) is 5.56 Å². The summed E-state index contributed by atoms with van der Waals surface area (Å²) in [6.45, 7) is 5.73. The molecule has 5 nitrogen and oxygen atoms in total. The minimum Gasteiger partial charge on any atom is -0.482 e. The third-order valence-corrected chi connectivity index (χ3v) is 4.12. The van der Waals surface area contributed by atoms with E-state index in [9.17, 15) is 4.79 Å². The number of hydrogen-bond acceptors (Lipinski definition) is 5. The van der Waals surface area contributed by atoms with Crippen molar-refractivity contribution in [3.63, 3.8) is 0 Å². The number of rotatable bonds is 6. The van der Waals surface area contributed by atoms with Gasteiger partial charge in [0.1, 0.15) is 23.8 Å². The molecule has 0 aliphatic rings. The fraction of sp³-hybridized carbons (Fsp3) is 0.238. The predicted molar refractivity (Wildman–Crippen MR) is 97.9 cm³/mol. The lowest BCUT2D eigenvalue weighted by Crippen LogP contribution is -2.15. The number of oxazole rings is 1. The summed E-state index contributed by atoms with van der Waals surface area (Å²) in [6, 6.07) is 15.3. The summed E-state index contributed by atoms with van der Waals surface area (Å²) in [5, 5.41) is 0. The van der Waals surface area contributed by atoms with Crippen molar-refractivity contribution in [3.05, 3.63) is 71.1 Å². The van der Waals surface area contributed by atoms with Gasteiger partial charge in [-0.2, -0.15) is 0 Å². The van der Waals surface area contributed by atoms with Gasteiger partial charge >= 0.3 is 5.97 Å². The van der Waals surface area contributed by atoms with Gasteiger partial charge in [-0.1, -0.05) is 24.3 Å². The Labute approximate surface area is 152 Å². The van der Waals surface area contributed by atoms with Crippen LogP contribution in [0, 0.1) is 20.8 Å². The van der Waals surface area contributed by atoms with Gasteiger partial charge in [0, 0.05) is 5.56 Å². The highest BCUT2D eigenvalue weighted by Crippen LogP contribution is 2.22. The van der Waals surface area contributed by atoms with E-state index < -0.39 is 5.97 Å². The molecule has 0 bridgehead atoms. The Hall–Kier alpha value is -3.08. The van der Waals surface area contributed by atoms with Crippen LogP contribution in [-0.4, -0.2) is 17.6 Å². The quantitative estimate of drug-likeness (QED) is 0.616. The van der Waals surface area contributed by atoms with E-state index in [1.807, 2.05) is 62.4 Å². The maximum absolute atomic E-state index is 11.9. The minimum atomic E-state index is -0.452. The smallest absolute Gasteiger partial charge is 0.344 e. The van der Waals surface area contributed by atoms with Crippen LogP contribution in [0.25, 0.3) is 11.5 Å². The Morgan fingerprint density at radius 1 is 1.04 bits per heavy atom. The fourth-order valence-corrected chi connectivity index (χ4v) is 2.40. The van der Waals surface area contributed by atoms with Gasteiger partial charge < -0.3 is 13.9 Å². The summed E-state index contributed by atoms with van der Waals surface area (Å²) < 4.78 is 16.4. The van der Waals surface area contributed by atoms with Crippen LogP contribution in [0.4, 0.5) is 0 Å². The second-order valence-electron chi connectivity index (χ2n) is 6.08. The van der Waals surface area contributed by atoms with Gasteiger partial charge in [-0.25, -0.2) is 9.78 Å². The Bertz CT molecular complexity index is 900. The first-order valence-corrected chi connectivity index (χ1v) is 8.40. The fourth-order valence-electron chi connectivity index (χ4n) is 2.40. The summed E-state index contributed by atoms with van der Waals surface area (Å²) >= 11 is 0. The highest BCUT2D eigenvalue weighted by molar-refractivity contribution is 5.71. The number of benzene rings is 2. The Morgan fingerprint density at radius 2 is 1.81 bits per heavy atom. The van der Waals surface area contributed by atoms with Crippen LogP contribution in [0.1, 0.15) is 22.6 Å². The number of ether oxygens (including phenoxy) is 2. The van der Waals surface area contributed by atoms with Gasteiger partial charge in [0.05, 0.1) is 0 Å². The van der Waals surface area contributed by atoms with E-state index in [0.717, 1.165) is 11.1 Å². The van der Waals surface area contributed by atoms with Gasteiger partial charge in [-0.3, -0.25) is 0 Å². The van der Waals surface area contributed by atoms with Crippen LogP contribution >= 0.6 is 0 Å². The number of aromatic nitrogens is 1. The number of esters is 1. The van der Waals surface area contributed by atoms with E-state index in [4.69, 9.17) is 13.9 Å². The zero-order valence-corrected chi connectivity index (χ0v) is 15.1. The van der Waals surface area contributed by atoms with Crippen LogP contribution in [0.2, 0.25) is 0 Å². The summed E-state index contributed by atoms with van der Waals surface area (Å²) in [4.78, 5) is 16.3. The van der Waals surface area contributed by atoms with Gasteiger partial charge in [0.15, 0.2) is 6.61 Å². The molecule has 3 rings (SSSR count). The van der Waals surface area contributed by atoms with Gasteiger partial charge in [0.2, 0.25) is 5.89 Å². The second kappa shape index (κ2) is 7.87. The molecule has 5 heteroatoms. The maximum Gasteiger partial charge on any atom is 0.344 e. The molecule has 0 saturated carbocycles. The van der Waals surface area contributed by atoms with Crippen molar-refractivity contribution in [2.75, 3.05) is 6.61 Å². The van der Waals surface area contributed by atoms with Gasteiger partial charge in [-0.15, -0.1) is 0 Å². The minimum absolute atomic E-state index is 0.0529. The number of carbonyl (C=O) groups excluding carboxylic acids is 1. The molecule has 0 amide bonds. The molecule has 0 fully saturated rings. The monoisotopic (exact) mass is 351 g/mol. The van der Waals surface area contributed by atoms with Crippen molar-refractivity contribution >= 4 is 5.97 Å². The predicted octanol–water partition coefficient (Wildman–Crippen LogP) is 4.39. The highest BCUT2D eigenvalue weighted by atomic mass is 16.6. The molecule has 0 atom stereocenters. The third kappa shape index (κ3) is 4.30. The van der Waals surface area contributed by atoms with E-state index in [0.29, 0.717) is 23.1 Å². The molecule has 134 valence electrons. The SMILES string of the molecule is Cc1ccc(OCC(=O)OCc2nc(-c3ccccc3)oc2C)cc1C. The van der Waals surface area contributed by atoms with Crippen LogP contribution in [0.3, 0.4) is 0 Å². The first-order chi connectivity index (χ1) is 12.5. The van der Waals surface area contributed by atoms with Gasteiger partial charge in [-0.05, 0) is 56.2 Å². The first kappa shape index (κ1) is 17.7. The summed E-state index contributed by atoms with van der Waals surface area (Å²) in [7, 11) is 0. The van der Waals surface area contributed by atoms with Crippen molar-refractivity contribution in [3.8, 4) is 17.2 Å². The van der Waals surface area contributed by atoms with E-state index in [2.05, 4.69) is 4.98 Å². The number of aryl methyl sites for hydroxylation is 3. The van der Waals surface area contributed by atoms with Crippen molar-refractivity contribution < 1.29 is 18.7 Å². The van der Waals surface area contributed by atoms with Crippen LogP contribution < -0.4 is 4.74 Å². The molecule has 0 N–H and O–H groups in total. The first-order valence-electron chi connectivity index (χ1n) is 8.40. The van der Waals surface area contributed by atoms with Crippen LogP contribution in [-0.2, 0) is 16.1 Å². The molecule has 0 saturated heterocycles. The second-order valence-corrected chi connectivity index (χ2v) is 6.08. The summed E-state index contributed by atoms with van der Waals surface area (Å²) in [5.74, 6) is 1.34. The van der Waals surface area contributed by atoms with Crippen LogP contribution in [0.5, 0.6) is 5.75 Å². The summed E-state index contributed by atoms with van der Waals surface area (Å²) in [5.41, 5.74) is 3.77. The molecule has 2 aromatic carbocycles. The lowest BCUT2D eigenvalue weighted by Gasteiger charge is -2.08. The highest BCUT2D eigenvalue weighted by Gasteiger charge is 2.13. The summed E-state index contributed by atoms with van der Waals surface area (Å²) in [6.07, 6.45) is 0. The molecule has 0 radical (unpaired) electrons. The van der Waals surface area contributed by atoms with Crippen molar-refractivity contribution in [1.29, 1.82) is 0 Å². The van der Waals surface area contributed by atoms with Gasteiger partial charge in [0.25, 0.3) is 0 Å². The van der Waals surface area contributed by atoms with E-state index in [-0.39, 0.29) is 13.2 Å². The Kier molecular flexibility index (Phi) is 5.37. The zero-order chi connectivity index (χ0) is 18.5. The molecular formula is C21H21NO4. The molecule has 0 aliphatic carbocycles. The third-order valence-electron chi connectivity index (χ3n) is 4.12. The van der Waals surface area contributed by atoms with E-state index in [1.54, 1.807) is 6.92 Å². The average Bonchev–Trinajstić information content (AvgIpc) is 3.02. The Morgan fingerprint density at radius 3 is 2.54 bits per heavy atom. The van der Waals surface area contributed by atoms with Crippen molar-refractivity contribution in [1.82, 2.24) is 4.98 Å². The molecular weight excluding hydrogens is 330 g/mol. The molecule has 26 heavy (non-hydrogen) atoms. The average molecular weight is 351 g/mol. The van der Waals surface area contributed by atoms with E-state index >= 15 is 0 Å². The standard InChI is InChI=1S/C21H21NO4/c1-14-9-10-18(11-15(14)2)24-13-20(23)25-12-19-16(3)26-21(22-19)17-7-5-4-6-8-17/h4-11H,12-13H2,1-3H3. The maximum atomic E-state index is 11.9. The lowest BCUT2D eigenvalue weighted by atomic mass is 10.1. The molecule has 0 spiro atoms. The molecule has 3 aromatic rings. The molecule has 0 aliphatic heterocycles. The van der Waals surface area contributed by atoms with Crippen LogP contribution in [0.15, 0.2) is 52.9 Å².